The fraction of sp³-hybridized carbons (Fsp3) is 0.250. The molecule has 1 amide bonds. The van der Waals surface area contributed by atoms with Crippen molar-refractivity contribution in [2.75, 3.05) is 13.2 Å². The van der Waals surface area contributed by atoms with Gasteiger partial charge in [-0.15, -0.1) is 11.3 Å². The van der Waals surface area contributed by atoms with Crippen molar-refractivity contribution in [3.63, 3.8) is 0 Å². The van der Waals surface area contributed by atoms with Gasteiger partial charge in [0.1, 0.15) is 5.75 Å². The van der Waals surface area contributed by atoms with Crippen molar-refractivity contribution in [2.45, 2.75) is 13.3 Å². The molecule has 2 aromatic rings. The van der Waals surface area contributed by atoms with Crippen molar-refractivity contribution < 1.29 is 14.3 Å². The molecule has 1 heterocycles. The van der Waals surface area contributed by atoms with Crippen molar-refractivity contribution in [1.82, 2.24) is 5.32 Å². The summed E-state index contributed by atoms with van der Waals surface area (Å²) in [7, 11) is 0. The minimum atomic E-state index is -0.146. The second kappa shape index (κ2) is 7.59. The first-order valence-electron chi connectivity index (χ1n) is 6.73. The molecule has 21 heavy (non-hydrogen) atoms. The summed E-state index contributed by atoms with van der Waals surface area (Å²) in [5.41, 5.74) is 0. The highest BCUT2D eigenvalue weighted by Crippen LogP contribution is 2.16. The number of benzene rings is 1. The maximum absolute atomic E-state index is 11.9. The molecule has 0 aliphatic heterocycles. The number of ketones is 1. The Kier molecular flexibility index (Phi) is 5.51. The normalized spacial score (nSPS) is 10.1. The minimum absolute atomic E-state index is 0.0182. The number of hydrogen-bond acceptors (Lipinski definition) is 4. The van der Waals surface area contributed by atoms with E-state index in [-0.39, 0.29) is 11.7 Å². The molecule has 4 nitrogen and oxygen atoms in total. The Labute approximate surface area is 127 Å². The average molecular weight is 303 g/mol. The molecule has 2 rings (SSSR count). The second-order valence-electron chi connectivity index (χ2n) is 4.49. The first kappa shape index (κ1) is 15.3. The van der Waals surface area contributed by atoms with E-state index in [4.69, 9.17) is 4.74 Å². The van der Waals surface area contributed by atoms with E-state index in [1.807, 2.05) is 30.3 Å². The number of amides is 1. The molecule has 0 aliphatic rings. The van der Waals surface area contributed by atoms with Gasteiger partial charge in [0.05, 0.1) is 16.4 Å². The third-order valence-electron chi connectivity index (χ3n) is 2.80. The van der Waals surface area contributed by atoms with E-state index in [1.54, 1.807) is 12.1 Å². The molecule has 110 valence electrons. The van der Waals surface area contributed by atoms with E-state index in [1.165, 1.54) is 18.3 Å². The molecular formula is C16H17NO3S. The Bertz CT molecular complexity index is 607. The summed E-state index contributed by atoms with van der Waals surface area (Å²) in [5.74, 6) is 0.663. The zero-order valence-corrected chi connectivity index (χ0v) is 12.6. The van der Waals surface area contributed by atoms with Crippen molar-refractivity contribution in [1.29, 1.82) is 0 Å². The smallest absolute Gasteiger partial charge is 0.261 e. The van der Waals surface area contributed by atoms with Crippen LogP contribution in [0.1, 0.15) is 32.7 Å². The summed E-state index contributed by atoms with van der Waals surface area (Å²) in [6.45, 7) is 2.58. The van der Waals surface area contributed by atoms with E-state index in [0.717, 1.165) is 12.2 Å². The molecule has 0 saturated carbocycles. The fourth-order valence-electron chi connectivity index (χ4n) is 1.72. The van der Waals surface area contributed by atoms with Crippen molar-refractivity contribution >= 4 is 23.0 Å². The zero-order valence-electron chi connectivity index (χ0n) is 11.8. The summed E-state index contributed by atoms with van der Waals surface area (Å²) in [4.78, 5) is 24.2. The molecule has 0 saturated heterocycles. The standard InChI is InChI=1S/C16H17NO3S/c1-12(18)14-8-9-15(21-14)16(19)17-10-5-11-20-13-6-3-2-4-7-13/h2-4,6-9H,5,10-11H2,1H3,(H,17,19). The van der Waals surface area contributed by atoms with Crippen LogP contribution in [0.4, 0.5) is 0 Å². The van der Waals surface area contributed by atoms with Gasteiger partial charge in [-0.3, -0.25) is 9.59 Å². The molecule has 5 heteroatoms. The molecule has 0 bridgehead atoms. The predicted octanol–water partition coefficient (Wildman–Crippen LogP) is 3.15. The van der Waals surface area contributed by atoms with Crippen LogP contribution in [0.2, 0.25) is 0 Å². The van der Waals surface area contributed by atoms with Crippen LogP contribution >= 0.6 is 11.3 Å². The lowest BCUT2D eigenvalue weighted by Crippen LogP contribution is -2.24. The van der Waals surface area contributed by atoms with Crippen molar-refractivity contribution in [3.8, 4) is 5.75 Å². The minimum Gasteiger partial charge on any atom is -0.494 e. The lowest BCUT2D eigenvalue weighted by molar-refractivity contribution is 0.0955. The van der Waals surface area contributed by atoms with Gasteiger partial charge in [-0.05, 0) is 37.6 Å². The van der Waals surface area contributed by atoms with Crippen LogP contribution in [0, 0.1) is 0 Å². The number of carbonyl (C=O) groups is 2. The Morgan fingerprint density at radius 2 is 1.81 bits per heavy atom. The highest BCUT2D eigenvalue weighted by atomic mass is 32.1. The number of para-hydroxylation sites is 1. The molecule has 0 radical (unpaired) electrons. The van der Waals surface area contributed by atoms with Crippen LogP contribution in [0.25, 0.3) is 0 Å². The van der Waals surface area contributed by atoms with E-state index in [0.29, 0.717) is 22.9 Å². The highest BCUT2D eigenvalue weighted by Gasteiger charge is 2.10. The largest absolute Gasteiger partial charge is 0.494 e. The zero-order chi connectivity index (χ0) is 15.1. The number of ether oxygens (including phenoxy) is 1. The monoisotopic (exact) mass is 303 g/mol. The van der Waals surface area contributed by atoms with Gasteiger partial charge in [0.25, 0.3) is 5.91 Å². The van der Waals surface area contributed by atoms with Crippen LogP contribution in [0.15, 0.2) is 42.5 Å². The number of Topliss-reactive ketones (excluding diaryl/α,β-unsaturated/α-hetero) is 1. The van der Waals surface area contributed by atoms with Crippen molar-refractivity contribution in [3.05, 3.63) is 52.2 Å². The van der Waals surface area contributed by atoms with Crippen LogP contribution in [-0.4, -0.2) is 24.8 Å². The third kappa shape index (κ3) is 4.72. The average Bonchev–Trinajstić information content (AvgIpc) is 2.98. The number of carbonyl (C=O) groups excluding carboxylic acids is 2. The second-order valence-corrected chi connectivity index (χ2v) is 5.57. The summed E-state index contributed by atoms with van der Waals surface area (Å²) < 4.78 is 5.54. The lowest BCUT2D eigenvalue weighted by Gasteiger charge is -2.06. The number of thiophene rings is 1. The van der Waals surface area contributed by atoms with Crippen LogP contribution in [-0.2, 0) is 0 Å². The van der Waals surface area contributed by atoms with Gasteiger partial charge in [-0.25, -0.2) is 0 Å². The SMILES string of the molecule is CC(=O)c1ccc(C(=O)NCCCOc2ccccc2)s1. The molecule has 1 aromatic carbocycles. The maximum atomic E-state index is 11.9. The first-order valence-corrected chi connectivity index (χ1v) is 7.55. The number of rotatable bonds is 7. The molecule has 0 fully saturated rings. The summed E-state index contributed by atoms with van der Waals surface area (Å²) >= 11 is 1.22. The Balaban J connectivity index is 1.68. The van der Waals surface area contributed by atoms with Gasteiger partial charge in [0, 0.05) is 6.54 Å². The van der Waals surface area contributed by atoms with Crippen molar-refractivity contribution in [2.24, 2.45) is 0 Å². The maximum Gasteiger partial charge on any atom is 0.261 e. The van der Waals surface area contributed by atoms with Crippen LogP contribution < -0.4 is 10.1 Å². The molecule has 0 spiro atoms. The third-order valence-corrected chi connectivity index (χ3v) is 3.98. The summed E-state index contributed by atoms with van der Waals surface area (Å²) in [6.07, 6.45) is 0.728. The van der Waals surface area contributed by atoms with Crippen LogP contribution in [0.5, 0.6) is 5.75 Å². The molecule has 0 unspecified atom stereocenters. The first-order chi connectivity index (χ1) is 10.2. The van der Waals surface area contributed by atoms with Gasteiger partial charge < -0.3 is 10.1 Å². The summed E-state index contributed by atoms with van der Waals surface area (Å²) in [5, 5.41) is 2.82. The molecule has 0 aliphatic carbocycles. The Morgan fingerprint density at radius 3 is 2.48 bits per heavy atom. The topological polar surface area (TPSA) is 55.4 Å². The van der Waals surface area contributed by atoms with Gasteiger partial charge in [-0.2, -0.15) is 0 Å². The van der Waals surface area contributed by atoms with Crippen LogP contribution in [0.3, 0.4) is 0 Å². The number of hydrogen-bond donors (Lipinski definition) is 1. The quantitative estimate of drug-likeness (QED) is 0.631. The van der Waals surface area contributed by atoms with Gasteiger partial charge >= 0.3 is 0 Å². The highest BCUT2D eigenvalue weighted by molar-refractivity contribution is 7.15. The van der Waals surface area contributed by atoms with Gasteiger partial charge in [0.15, 0.2) is 5.78 Å². The lowest BCUT2D eigenvalue weighted by atomic mass is 10.3. The Hall–Kier alpha value is -2.14. The Morgan fingerprint density at radius 1 is 1.10 bits per heavy atom. The van der Waals surface area contributed by atoms with Gasteiger partial charge in [0.2, 0.25) is 0 Å². The molecule has 1 N–H and O–H groups in total. The fourth-order valence-corrected chi connectivity index (χ4v) is 2.53. The van der Waals surface area contributed by atoms with Gasteiger partial charge in [-0.1, -0.05) is 18.2 Å². The molecule has 1 aromatic heterocycles. The van der Waals surface area contributed by atoms with E-state index in [2.05, 4.69) is 5.32 Å². The summed E-state index contributed by atoms with van der Waals surface area (Å²) in [6, 6.07) is 12.9. The van der Waals surface area contributed by atoms with E-state index in [9.17, 15) is 9.59 Å². The number of nitrogens with one attached hydrogen (secondary N) is 1. The van der Waals surface area contributed by atoms with E-state index < -0.39 is 0 Å². The molecule has 0 atom stereocenters. The molecular weight excluding hydrogens is 286 g/mol. The predicted molar refractivity (Wildman–Crippen MR) is 83.2 cm³/mol. The van der Waals surface area contributed by atoms with E-state index >= 15 is 0 Å².